The van der Waals surface area contributed by atoms with Crippen LogP contribution < -0.4 is 5.56 Å². The molecular formula is C13H6Cl3F2NO3S. The van der Waals surface area contributed by atoms with Crippen LogP contribution in [0.2, 0.25) is 10.0 Å². The number of carboxylic acid groups (broad SMARTS) is 1. The molecule has 0 atom stereocenters. The minimum absolute atomic E-state index is 0.179. The monoisotopic (exact) mass is 399 g/mol. The molecule has 0 amide bonds. The predicted molar refractivity (Wildman–Crippen MR) is 84.4 cm³/mol. The largest absolute Gasteiger partial charge is 0.477 e. The quantitative estimate of drug-likeness (QED) is 0.722. The van der Waals surface area contributed by atoms with E-state index in [0.29, 0.717) is 11.8 Å². The van der Waals surface area contributed by atoms with Gasteiger partial charge in [-0.05, 0) is 29.8 Å². The van der Waals surface area contributed by atoms with E-state index < -0.39 is 28.2 Å². The van der Waals surface area contributed by atoms with Gasteiger partial charge in [-0.15, -0.1) is 0 Å². The molecule has 4 nitrogen and oxygen atoms in total. The van der Waals surface area contributed by atoms with Crippen LogP contribution in [-0.2, 0) is 5.38 Å². The lowest BCUT2D eigenvalue weighted by Crippen LogP contribution is -2.23. The molecule has 0 bridgehead atoms. The third kappa shape index (κ3) is 3.98. The van der Waals surface area contributed by atoms with Gasteiger partial charge < -0.3 is 10.1 Å². The molecule has 2 N–H and O–H groups in total. The van der Waals surface area contributed by atoms with Crippen molar-refractivity contribution in [3.05, 3.63) is 55.9 Å². The number of halogens is 5. The zero-order valence-corrected chi connectivity index (χ0v) is 14.0. The van der Waals surface area contributed by atoms with Crippen LogP contribution >= 0.6 is 46.6 Å². The molecule has 0 saturated heterocycles. The fourth-order valence-electron chi connectivity index (χ4n) is 1.66. The lowest BCUT2D eigenvalue weighted by Gasteiger charge is -2.13. The van der Waals surface area contributed by atoms with Gasteiger partial charge in [-0.1, -0.05) is 41.0 Å². The van der Waals surface area contributed by atoms with Crippen molar-refractivity contribution in [2.75, 3.05) is 0 Å². The fraction of sp³-hybridized carbons (Fsp3) is 0.0769. The summed E-state index contributed by atoms with van der Waals surface area (Å²) in [5.41, 5.74) is -2.85. The van der Waals surface area contributed by atoms with Gasteiger partial charge in [-0.3, -0.25) is 4.79 Å². The average Bonchev–Trinajstić information content (AvgIpc) is 2.41. The van der Waals surface area contributed by atoms with Gasteiger partial charge in [-0.2, -0.15) is 8.78 Å². The van der Waals surface area contributed by atoms with E-state index in [9.17, 15) is 18.4 Å². The number of nitrogens with one attached hydrogen (secondary N) is 1. The lowest BCUT2D eigenvalue weighted by atomic mass is 10.2. The van der Waals surface area contributed by atoms with Gasteiger partial charge in [-0.25, -0.2) is 4.79 Å². The maximum atomic E-state index is 13.2. The first kappa shape index (κ1) is 18.1. The number of carbonyl (C=O) groups is 1. The van der Waals surface area contributed by atoms with Gasteiger partial charge in [0.05, 0.1) is 10.0 Å². The molecule has 0 spiro atoms. The molecule has 2 rings (SSSR count). The average molecular weight is 401 g/mol. The summed E-state index contributed by atoms with van der Waals surface area (Å²) in [5, 5.41) is 5.63. The summed E-state index contributed by atoms with van der Waals surface area (Å²) >= 11 is 17.5. The normalized spacial score (nSPS) is 11.5. The van der Waals surface area contributed by atoms with Crippen LogP contribution in [0.25, 0.3) is 0 Å². The van der Waals surface area contributed by atoms with Crippen molar-refractivity contribution in [2.24, 2.45) is 0 Å². The number of H-pyrrole nitrogens is 1. The van der Waals surface area contributed by atoms with Crippen molar-refractivity contribution in [3.63, 3.8) is 0 Å². The number of hydrogen-bond acceptors (Lipinski definition) is 3. The number of aromatic nitrogens is 1. The number of pyridine rings is 1. The van der Waals surface area contributed by atoms with Crippen molar-refractivity contribution in [1.29, 1.82) is 0 Å². The highest BCUT2D eigenvalue weighted by molar-refractivity contribution is 7.99. The van der Waals surface area contributed by atoms with Crippen molar-refractivity contribution >= 4 is 52.5 Å². The van der Waals surface area contributed by atoms with Crippen molar-refractivity contribution in [1.82, 2.24) is 4.98 Å². The molecule has 23 heavy (non-hydrogen) atoms. The SMILES string of the molecule is O=C(O)c1c(Sc2c(Cl)cccc2Cl)cc(C(F)(F)Cl)[nH]c1=O. The van der Waals surface area contributed by atoms with E-state index in [4.69, 9.17) is 39.9 Å². The van der Waals surface area contributed by atoms with Crippen LogP contribution in [0.15, 0.2) is 38.9 Å². The van der Waals surface area contributed by atoms with Gasteiger partial charge in [0.1, 0.15) is 11.3 Å². The molecule has 0 aliphatic rings. The number of hydrogen-bond donors (Lipinski definition) is 2. The van der Waals surface area contributed by atoms with E-state index in [-0.39, 0.29) is 19.8 Å². The summed E-state index contributed by atoms with van der Waals surface area (Å²) < 4.78 is 26.5. The number of rotatable bonds is 4. The van der Waals surface area contributed by atoms with Gasteiger partial charge in [0, 0.05) is 9.79 Å². The van der Waals surface area contributed by atoms with E-state index >= 15 is 0 Å². The van der Waals surface area contributed by atoms with E-state index in [1.165, 1.54) is 12.1 Å². The van der Waals surface area contributed by atoms with Gasteiger partial charge >= 0.3 is 11.4 Å². The minimum Gasteiger partial charge on any atom is -0.477 e. The van der Waals surface area contributed by atoms with Crippen molar-refractivity contribution in [3.8, 4) is 0 Å². The van der Waals surface area contributed by atoms with E-state index in [0.717, 1.165) is 6.07 Å². The number of benzene rings is 1. The van der Waals surface area contributed by atoms with E-state index in [1.54, 1.807) is 11.1 Å². The molecule has 0 aliphatic heterocycles. The third-order valence-electron chi connectivity index (χ3n) is 2.65. The fourth-order valence-corrected chi connectivity index (χ4v) is 3.40. The Bertz CT molecular complexity index is 816. The number of alkyl halides is 3. The van der Waals surface area contributed by atoms with Crippen molar-refractivity contribution in [2.45, 2.75) is 15.2 Å². The van der Waals surface area contributed by atoms with Gasteiger partial charge in [0.15, 0.2) is 0 Å². The maximum Gasteiger partial charge on any atom is 0.362 e. The smallest absolute Gasteiger partial charge is 0.362 e. The number of aromatic amines is 1. The summed E-state index contributed by atoms with van der Waals surface area (Å²) in [6.45, 7) is 0. The van der Waals surface area contributed by atoms with Crippen LogP contribution in [0.5, 0.6) is 0 Å². The van der Waals surface area contributed by atoms with E-state index in [2.05, 4.69) is 0 Å². The van der Waals surface area contributed by atoms with Crippen LogP contribution in [0.3, 0.4) is 0 Å². The van der Waals surface area contributed by atoms with Crippen molar-refractivity contribution < 1.29 is 18.7 Å². The molecule has 1 aromatic heterocycles. The number of carboxylic acids is 1. The highest BCUT2D eigenvalue weighted by atomic mass is 35.5. The van der Waals surface area contributed by atoms with Crippen LogP contribution in [0.4, 0.5) is 8.78 Å². The topological polar surface area (TPSA) is 70.2 Å². The minimum atomic E-state index is -3.87. The van der Waals surface area contributed by atoms with Crippen LogP contribution in [0.1, 0.15) is 16.1 Å². The molecule has 10 heteroatoms. The summed E-state index contributed by atoms with van der Waals surface area (Å²) in [5.74, 6) is -1.58. The van der Waals surface area contributed by atoms with Crippen LogP contribution in [0, 0.1) is 0 Å². The standard InChI is InChI=1S/C13H6Cl3F2NO3S/c14-5-2-1-3-6(15)10(5)23-7-4-8(13(16,17)18)19-11(20)9(7)12(21)22/h1-4H,(H,19,20)(H,21,22). The Morgan fingerprint density at radius 2 is 1.83 bits per heavy atom. The maximum absolute atomic E-state index is 13.2. The Morgan fingerprint density at radius 1 is 1.26 bits per heavy atom. The zero-order valence-electron chi connectivity index (χ0n) is 10.9. The molecule has 0 fully saturated rings. The predicted octanol–water partition coefficient (Wildman–Crippen LogP) is 4.82. The summed E-state index contributed by atoms with van der Waals surface area (Å²) in [7, 11) is 0. The number of aromatic carboxylic acids is 1. The van der Waals surface area contributed by atoms with Gasteiger partial charge in [0.2, 0.25) is 0 Å². The highest BCUT2D eigenvalue weighted by Gasteiger charge is 2.32. The second-order valence-electron chi connectivity index (χ2n) is 4.21. The first-order valence-electron chi connectivity index (χ1n) is 5.81. The first-order valence-corrected chi connectivity index (χ1v) is 7.76. The Kier molecular flexibility index (Phi) is 5.25. The van der Waals surface area contributed by atoms with E-state index in [1.807, 2.05) is 0 Å². The Labute approximate surface area is 147 Å². The summed E-state index contributed by atoms with van der Waals surface area (Å²) in [6.07, 6.45) is 0. The third-order valence-corrected chi connectivity index (χ3v) is 4.89. The molecule has 2 aromatic rings. The summed E-state index contributed by atoms with van der Waals surface area (Å²) in [4.78, 5) is 24.8. The Morgan fingerprint density at radius 3 is 2.30 bits per heavy atom. The second kappa shape index (κ2) is 6.68. The highest BCUT2D eigenvalue weighted by Crippen LogP contribution is 2.41. The molecule has 1 heterocycles. The summed E-state index contributed by atoms with van der Waals surface area (Å²) in [6, 6.07) is 5.31. The molecule has 0 aliphatic carbocycles. The van der Waals surface area contributed by atoms with Gasteiger partial charge in [0.25, 0.3) is 5.56 Å². The Balaban J connectivity index is 2.67. The van der Waals surface area contributed by atoms with Crippen LogP contribution in [-0.4, -0.2) is 16.1 Å². The molecule has 0 unspecified atom stereocenters. The molecule has 1 aromatic carbocycles. The Hall–Kier alpha value is -1.28. The first-order chi connectivity index (χ1) is 10.6. The second-order valence-corrected chi connectivity index (χ2v) is 6.55. The molecule has 0 radical (unpaired) electrons. The molecular weight excluding hydrogens is 395 g/mol. The zero-order chi connectivity index (χ0) is 17.4. The molecule has 0 saturated carbocycles. The lowest BCUT2D eigenvalue weighted by molar-refractivity contribution is 0.0686. The molecule has 122 valence electrons.